The van der Waals surface area contributed by atoms with Crippen molar-refractivity contribution in [2.45, 2.75) is 13.5 Å². The van der Waals surface area contributed by atoms with Crippen molar-refractivity contribution in [2.75, 3.05) is 0 Å². The number of furan rings is 1. The van der Waals surface area contributed by atoms with Crippen LogP contribution in [0.25, 0.3) is 22.7 Å². The third-order valence-electron chi connectivity index (χ3n) is 3.69. The van der Waals surface area contributed by atoms with Gasteiger partial charge in [-0.2, -0.15) is 0 Å². The Morgan fingerprint density at radius 1 is 1.13 bits per heavy atom. The first kappa shape index (κ1) is 13.7. The van der Waals surface area contributed by atoms with Crippen LogP contribution in [0, 0.1) is 12.7 Å². The fraction of sp³-hybridized carbons (Fsp3) is 0.111. The van der Waals surface area contributed by atoms with Crippen molar-refractivity contribution in [3.05, 3.63) is 71.9 Å². The molecule has 0 aliphatic heterocycles. The van der Waals surface area contributed by atoms with Gasteiger partial charge in [0.25, 0.3) is 0 Å². The molecule has 0 fully saturated rings. The van der Waals surface area contributed by atoms with E-state index in [1.54, 1.807) is 12.3 Å². The number of rotatable bonds is 3. The van der Waals surface area contributed by atoms with Gasteiger partial charge >= 0.3 is 0 Å². The third kappa shape index (κ3) is 2.50. The highest BCUT2D eigenvalue weighted by Gasteiger charge is 2.16. The van der Waals surface area contributed by atoms with Gasteiger partial charge in [0.1, 0.15) is 17.1 Å². The summed E-state index contributed by atoms with van der Waals surface area (Å²) in [6.45, 7) is 2.36. The zero-order valence-electron chi connectivity index (χ0n) is 12.5. The van der Waals surface area contributed by atoms with E-state index in [1.807, 2.05) is 41.8 Å². The smallest absolute Gasteiger partial charge is 0.178 e. The van der Waals surface area contributed by atoms with Crippen molar-refractivity contribution in [1.29, 1.82) is 0 Å². The van der Waals surface area contributed by atoms with Crippen LogP contribution in [0.2, 0.25) is 0 Å². The number of hydrogen-bond acceptors (Lipinski definition) is 3. The van der Waals surface area contributed by atoms with Gasteiger partial charge < -0.3 is 8.98 Å². The monoisotopic (exact) mass is 307 g/mol. The average Bonchev–Trinajstić information content (AvgIpc) is 3.12. The summed E-state index contributed by atoms with van der Waals surface area (Å²) in [5, 5.41) is 0. The molecule has 1 aromatic carbocycles. The molecule has 4 rings (SSSR count). The number of pyridine rings is 1. The van der Waals surface area contributed by atoms with E-state index in [2.05, 4.69) is 9.97 Å². The van der Waals surface area contributed by atoms with Gasteiger partial charge in [-0.1, -0.05) is 12.1 Å². The van der Waals surface area contributed by atoms with Crippen LogP contribution in [-0.2, 0) is 6.54 Å². The largest absolute Gasteiger partial charge is 0.458 e. The molecule has 0 saturated carbocycles. The van der Waals surface area contributed by atoms with Crippen molar-refractivity contribution < 1.29 is 8.81 Å². The topological polar surface area (TPSA) is 43.9 Å². The van der Waals surface area contributed by atoms with Gasteiger partial charge in [-0.3, -0.25) is 0 Å². The van der Waals surface area contributed by atoms with E-state index in [9.17, 15) is 4.39 Å². The molecule has 0 unspecified atom stereocenters. The predicted molar refractivity (Wildman–Crippen MR) is 85.5 cm³/mol. The number of imidazole rings is 1. The molecule has 0 aliphatic carbocycles. The quantitative estimate of drug-likeness (QED) is 0.570. The standard InChI is InChI=1S/C18H14FN3O/c1-12-7-8-16(23-12)18-21-15-6-3-9-20-17(15)22(18)11-13-4-2-5-14(19)10-13/h2-10H,11H2,1H3. The minimum absolute atomic E-state index is 0.254. The van der Waals surface area contributed by atoms with Gasteiger partial charge in [0.2, 0.25) is 0 Å². The number of nitrogens with zero attached hydrogens (tertiary/aromatic N) is 3. The molecule has 4 aromatic rings. The highest BCUT2D eigenvalue weighted by Crippen LogP contribution is 2.26. The molecule has 3 aromatic heterocycles. The van der Waals surface area contributed by atoms with E-state index >= 15 is 0 Å². The summed E-state index contributed by atoms with van der Waals surface area (Å²) < 4.78 is 21.1. The van der Waals surface area contributed by atoms with E-state index in [-0.39, 0.29) is 5.82 Å². The molecule has 0 bridgehead atoms. The van der Waals surface area contributed by atoms with E-state index in [0.717, 1.165) is 22.5 Å². The lowest BCUT2D eigenvalue weighted by Crippen LogP contribution is -2.03. The Balaban J connectivity index is 1.89. The molecule has 0 aliphatic rings. The highest BCUT2D eigenvalue weighted by atomic mass is 19.1. The predicted octanol–water partition coefficient (Wildman–Crippen LogP) is 4.19. The summed E-state index contributed by atoms with van der Waals surface area (Å²) in [5.74, 6) is 1.93. The van der Waals surface area contributed by atoms with Crippen LogP contribution in [0.4, 0.5) is 4.39 Å². The van der Waals surface area contributed by atoms with Crippen LogP contribution in [0.3, 0.4) is 0 Å². The first-order valence-corrected chi connectivity index (χ1v) is 7.33. The molecule has 0 amide bonds. The van der Waals surface area contributed by atoms with Crippen molar-refractivity contribution >= 4 is 11.2 Å². The Morgan fingerprint density at radius 2 is 2.04 bits per heavy atom. The number of aromatic nitrogens is 3. The van der Waals surface area contributed by atoms with Crippen molar-refractivity contribution in [2.24, 2.45) is 0 Å². The molecule has 0 radical (unpaired) electrons. The van der Waals surface area contributed by atoms with Crippen molar-refractivity contribution in [1.82, 2.24) is 14.5 Å². The molecule has 4 nitrogen and oxygen atoms in total. The Kier molecular flexibility index (Phi) is 3.19. The molecular weight excluding hydrogens is 293 g/mol. The summed E-state index contributed by atoms with van der Waals surface area (Å²) in [6.07, 6.45) is 1.73. The molecule has 0 N–H and O–H groups in total. The van der Waals surface area contributed by atoms with Gasteiger partial charge in [-0.15, -0.1) is 0 Å². The number of fused-ring (bicyclic) bond motifs is 1. The molecule has 3 heterocycles. The minimum atomic E-state index is -0.254. The van der Waals surface area contributed by atoms with E-state index in [0.29, 0.717) is 18.1 Å². The Labute approximate surface area is 132 Å². The number of aryl methyl sites for hydroxylation is 1. The first-order valence-electron chi connectivity index (χ1n) is 7.33. The van der Waals surface area contributed by atoms with Crippen LogP contribution in [0.15, 0.2) is 59.1 Å². The van der Waals surface area contributed by atoms with Crippen molar-refractivity contribution in [3.63, 3.8) is 0 Å². The highest BCUT2D eigenvalue weighted by molar-refractivity contribution is 5.76. The maximum absolute atomic E-state index is 13.5. The lowest BCUT2D eigenvalue weighted by Gasteiger charge is -2.07. The summed E-state index contributed by atoms with van der Waals surface area (Å²) >= 11 is 0. The van der Waals surface area contributed by atoms with E-state index in [1.165, 1.54) is 12.1 Å². The van der Waals surface area contributed by atoms with Crippen LogP contribution in [0.5, 0.6) is 0 Å². The van der Waals surface area contributed by atoms with Gasteiger partial charge in [0, 0.05) is 6.20 Å². The lowest BCUT2D eigenvalue weighted by atomic mass is 10.2. The van der Waals surface area contributed by atoms with Crippen molar-refractivity contribution in [3.8, 4) is 11.6 Å². The second kappa shape index (κ2) is 5.35. The molecule has 0 atom stereocenters. The van der Waals surface area contributed by atoms with Crippen LogP contribution >= 0.6 is 0 Å². The molecule has 0 saturated heterocycles. The molecule has 0 spiro atoms. The fourth-order valence-electron chi connectivity index (χ4n) is 2.67. The summed E-state index contributed by atoms with van der Waals surface area (Å²) in [4.78, 5) is 9.05. The first-order chi connectivity index (χ1) is 11.2. The van der Waals surface area contributed by atoms with Gasteiger partial charge in [-0.05, 0) is 48.9 Å². The van der Waals surface area contributed by atoms with Crippen LogP contribution < -0.4 is 0 Å². The molecule has 23 heavy (non-hydrogen) atoms. The second-order valence-electron chi connectivity index (χ2n) is 5.41. The third-order valence-corrected chi connectivity index (χ3v) is 3.69. The summed E-state index contributed by atoms with van der Waals surface area (Å²) in [5.41, 5.74) is 2.38. The Morgan fingerprint density at radius 3 is 2.83 bits per heavy atom. The SMILES string of the molecule is Cc1ccc(-c2nc3cccnc3n2Cc2cccc(F)c2)o1. The summed E-state index contributed by atoms with van der Waals surface area (Å²) in [7, 11) is 0. The Bertz CT molecular complexity index is 987. The molecule has 114 valence electrons. The molecule has 5 heteroatoms. The maximum atomic E-state index is 13.5. The van der Waals surface area contributed by atoms with E-state index in [4.69, 9.17) is 4.42 Å². The lowest BCUT2D eigenvalue weighted by molar-refractivity contribution is 0.540. The minimum Gasteiger partial charge on any atom is -0.458 e. The van der Waals surface area contributed by atoms with Gasteiger partial charge in [0.15, 0.2) is 17.2 Å². The van der Waals surface area contributed by atoms with Gasteiger partial charge in [0.05, 0.1) is 6.54 Å². The zero-order chi connectivity index (χ0) is 15.8. The zero-order valence-corrected chi connectivity index (χ0v) is 12.5. The second-order valence-corrected chi connectivity index (χ2v) is 5.41. The number of benzene rings is 1. The average molecular weight is 307 g/mol. The van der Waals surface area contributed by atoms with E-state index < -0.39 is 0 Å². The normalized spacial score (nSPS) is 11.2. The molecular formula is C18H14FN3O. The number of halogens is 1. The fourth-order valence-corrected chi connectivity index (χ4v) is 2.67. The van der Waals surface area contributed by atoms with Gasteiger partial charge in [-0.25, -0.2) is 14.4 Å². The Hall–Kier alpha value is -2.95. The van der Waals surface area contributed by atoms with Crippen LogP contribution in [0.1, 0.15) is 11.3 Å². The van der Waals surface area contributed by atoms with Crippen LogP contribution in [-0.4, -0.2) is 14.5 Å². The number of hydrogen-bond donors (Lipinski definition) is 0. The maximum Gasteiger partial charge on any atom is 0.178 e. The summed E-state index contributed by atoms with van der Waals surface area (Å²) in [6, 6.07) is 14.1.